The van der Waals surface area contributed by atoms with Crippen LogP contribution in [0.4, 0.5) is 22.7 Å². The van der Waals surface area contributed by atoms with Crippen LogP contribution in [0.1, 0.15) is 29.2 Å². The van der Waals surface area contributed by atoms with Gasteiger partial charge in [-0.1, -0.05) is 24.3 Å². The predicted octanol–water partition coefficient (Wildman–Crippen LogP) is 6.56. The van der Waals surface area contributed by atoms with Gasteiger partial charge in [-0.15, -0.1) is 0 Å². The lowest BCUT2D eigenvalue weighted by Gasteiger charge is -2.31. The van der Waals surface area contributed by atoms with E-state index in [1.54, 1.807) is 0 Å². The molecule has 1 aliphatic heterocycles. The molecule has 0 fully saturated rings. The van der Waals surface area contributed by atoms with E-state index in [4.69, 9.17) is 0 Å². The molecule has 4 rings (SSSR count). The minimum Gasteiger partial charge on any atom is -0.319 e. The van der Waals surface area contributed by atoms with Gasteiger partial charge in [0.15, 0.2) is 0 Å². The average molecular weight is 342 g/mol. The molecule has 0 amide bonds. The van der Waals surface area contributed by atoms with Crippen molar-refractivity contribution in [3.63, 3.8) is 0 Å². The Balaban J connectivity index is 1.88. The summed E-state index contributed by atoms with van der Waals surface area (Å²) in [5.41, 5.74) is 10.3. The summed E-state index contributed by atoms with van der Waals surface area (Å²) >= 11 is 0. The van der Waals surface area contributed by atoms with Crippen molar-refractivity contribution in [2.24, 2.45) is 0 Å². The lowest BCUT2D eigenvalue weighted by atomic mass is 10.1. The molecule has 0 aliphatic carbocycles. The Kier molecular flexibility index (Phi) is 3.99. The molecule has 0 spiro atoms. The van der Waals surface area contributed by atoms with Crippen LogP contribution in [0.5, 0.6) is 0 Å². The zero-order valence-electron chi connectivity index (χ0n) is 16.2. The monoisotopic (exact) mass is 342 g/mol. The highest BCUT2D eigenvalue weighted by atomic mass is 15.4. The van der Waals surface area contributed by atoms with Gasteiger partial charge in [-0.05, 0) is 93.3 Å². The fourth-order valence-electron chi connectivity index (χ4n) is 4.28. The molecule has 26 heavy (non-hydrogen) atoms. The molecular formula is C24H26N2. The van der Waals surface area contributed by atoms with Crippen LogP contribution in [0.25, 0.3) is 0 Å². The summed E-state index contributed by atoms with van der Waals surface area (Å²) in [5, 5.41) is 0. The second-order valence-electron chi connectivity index (χ2n) is 7.55. The Morgan fingerprint density at radius 1 is 0.577 bits per heavy atom. The van der Waals surface area contributed by atoms with E-state index in [-0.39, 0.29) is 6.17 Å². The van der Waals surface area contributed by atoms with E-state index >= 15 is 0 Å². The van der Waals surface area contributed by atoms with Crippen molar-refractivity contribution in [1.29, 1.82) is 0 Å². The fraction of sp³-hybridized carbons (Fsp3) is 0.250. The van der Waals surface area contributed by atoms with Crippen molar-refractivity contribution in [2.75, 3.05) is 9.80 Å². The lowest BCUT2D eigenvalue weighted by Crippen LogP contribution is -2.35. The summed E-state index contributed by atoms with van der Waals surface area (Å²) in [7, 11) is 0. The highest BCUT2D eigenvalue weighted by Crippen LogP contribution is 2.47. The molecule has 2 nitrogen and oxygen atoms in total. The second-order valence-corrected chi connectivity index (χ2v) is 7.55. The number of benzene rings is 3. The normalized spacial score (nSPS) is 14.0. The van der Waals surface area contributed by atoms with Crippen LogP contribution >= 0.6 is 0 Å². The first-order valence-electron chi connectivity index (χ1n) is 9.28. The second kappa shape index (κ2) is 6.21. The largest absolute Gasteiger partial charge is 0.319 e. The quantitative estimate of drug-likeness (QED) is 0.520. The van der Waals surface area contributed by atoms with E-state index in [2.05, 4.69) is 105 Å². The number of rotatable bonds is 2. The molecule has 132 valence electrons. The Morgan fingerprint density at radius 3 is 1.27 bits per heavy atom. The zero-order valence-corrected chi connectivity index (χ0v) is 16.2. The SMILES string of the molecule is Cc1cc(C)cc(N2c3ccccc3N(c3cc(C)cc(C)c3)C2C)c1. The maximum Gasteiger partial charge on any atom is 0.108 e. The highest BCUT2D eigenvalue weighted by molar-refractivity contribution is 5.88. The topological polar surface area (TPSA) is 6.48 Å². The van der Waals surface area contributed by atoms with Crippen molar-refractivity contribution in [3.8, 4) is 0 Å². The number of nitrogens with zero attached hydrogens (tertiary/aromatic N) is 2. The summed E-state index contributed by atoms with van der Waals surface area (Å²) < 4.78 is 0. The molecule has 0 atom stereocenters. The van der Waals surface area contributed by atoms with Crippen molar-refractivity contribution >= 4 is 22.7 Å². The van der Waals surface area contributed by atoms with Gasteiger partial charge < -0.3 is 9.80 Å². The molecule has 0 saturated carbocycles. The first-order valence-corrected chi connectivity index (χ1v) is 9.28. The molecule has 0 bridgehead atoms. The van der Waals surface area contributed by atoms with Gasteiger partial charge in [-0.25, -0.2) is 0 Å². The van der Waals surface area contributed by atoms with E-state index in [0.717, 1.165) is 0 Å². The van der Waals surface area contributed by atoms with Crippen molar-refractivity contribution in [2.45, 2.75) is 40.8 Å². The Bertz CT molecular complexity index is 855. The van der Waals surface area contributed by atoms with E-state index in [1.807, 2.05) is 0 Å². The van der Waals surface area contributed by atoms with Crippen LogP contribution in [-0.4, -0.2) is 6.17 Å². The van der Waals surface area contributed by atoms with Crippen molar-refractivity contribution in [3.05, 3.63) is 82.9 Å². The molecular weight excluding hydrogens is 316 g/mol. The van der Waals surface area contributed by atoms with Gasteiger partial charge in [-0.3, -0.25) is 0 Å². The van der Waals surface area contributed by atoms with Gasteiger partial charge in [0.1, 0.15) is 6.17 Å². The molecule has 0 aromatic heterocycles. The summed E-state index contributed by atoms with van der Waals surface area (Å²) in [5.74, 6) is 0. The van der Waals surface area contributed by atoms with Crippen LogP contribution in [0.2, 0.25) is 0 Å². The van der Waals surface area contributed by atoms with Crippen molar-refractivity contribution < 1.29 is 0 Å². The predicted molar refractivity (Wildman–Crippen MR) is 112 cm³/mol. The first-order chi connectivity index (χ1) is 12.4. The minimum atomic E-state index is 0.217. The molecule has 3 aromatic carbocycles. The molecule has 3 aromatic rings. The summed E-state index contributed by atoms with van der Waals surface area (Å²) in [6, 6.07) is 22.3. The number of anilines is 4. The van der Waals surface area contributed by atoms with E-state index in [0.29, 0.717) is 0 Å². The lowest BCUT2D eigenvalue weighted by molar-refractivity contribution is 0.760. The van der Waals surface area contributed by atoms with E-state index in [1.165, 1.54) is 45.0 Å². The van der Waals surface area contributed by atoms with Gasteiger partial charge in [-0.2, -0.15) is 0 Å². The molecule has 2 heteroatoms. The number of hydrogen-bond donors (Lipinski definition) is 0. The number of fused-ring (bicyclic) bond motifs is 1. The standard InChI is InChI=1S/C24H26N2/c1-16-10-17(2)13-21(12-16)25-20(5)26(24-9-7-6-8-23(24)25)22-14-18(3)11-19(4)15-22/h6-15,20H,1-5H3. The van der Waals surface area contributed by atoms with Gasteiger partial charge in [0.2, 0.25) is 0 Å². The third-order valence-electron chi connectivity index (χ3n) is 5.12. The summed E-state index contributed by atoms with van der Waals surface area (Å²) in [6.07, 6.45) is 0.217. The molecule has 0 saturated heterocycles. The maximum atomic E-state index is 2.45. The van der Waals surface area contributed by atoms with E-state index < -0.39 is 0 Å². The molecule has 1 aliphatic rings. The molecule has 0 N–H and O–H groups in total. The third-order valence-corrected chi connectivity index (χ3v) is 5.12. The number of para-hydroxylation sites is 2. The van der Waals surface area contributed by atoms with Crippen LogP contribution in [0.3, 0.4) is 0 Å². The van der Waals surface area contributed by atoms with Gasteiger partial charge in [0, 0.05) is 11.4 Å². The minimum absolute atomic E-state index is 0.217. The van der Waals surface area contributed by atoms with Crippen LogP contribution in [0.15, 0.2) is 60.7 Å². The van der Waals surface area contributed by atoms with Crippen molar-refractivity contribution in [1.82, 2.24) is 0 Å². The average Bonchev–Trinajstić information content (AvgIpc) is 2.84. The first kappa shape index (κ1) is 16.7. The van der Waals surface area contributed by atoms with E-state index in [9.17, 15) is 0 Å². The van der Waals surface area contributed by atoms with Gasteiger partial charge in [0.05, 0.1) is 11.4 Å². The number of hydrogen-bond acceptors (Lipinski definition) is 2. The van der Waals surface area contributed by atoms with Crippen LogP contribution in [0, 0.1) is 27.7 Å². The fourth-order valence-corrected chi connectivity index (χ4v) is 4.28. The summed E-state index contributed by atoms with van der Waals surface area (Å²) in [4.78, 5) is 4.90. The molecule has 1 heterocycles. The highest BCUT2D eigenvalue weighted by Gasteiger charge is 2.34. The maximum absolute atomic E-state index is 2.45. The number of aryl methyl sites for hydroxylation is 4. The molecule has 0 unspecified atom stereocenters. The van der Waals surface area contributed by atoms with Gasteiger partial charge in [0.25, 0.3) is 0 Å². The van der Waals surface area contributed by atoms with Crippen LogP contribution in [-0.2, 0) is 0 Å². The van der Waals surface area contributed by atoms with Gasteiger partial charge >= 0.3 is 0 Å². The Hall–Kier alpha value is -2.74. The zero-order chi connectivity index (χ0) is 18.4. The smallest absolute Gasteiger partial charge is 0.108 e. The van der Waals surface area contributed by atoms with Crippen LogP contribution < -0.4 is 9.80 Å². The third kappa shape index (κ3) is 2.76. The summed E-state index contributed by atoms with van der Waals surface area (Å²) in [6.45, 7) is 11.0. The molecule has 0 radical (unpaired) electrons. The Labute approximate surface area is 156 Å². The Morgan fingerprint density at radius 2 is 0.923 bits per heavy atom.